The molecule has 0 fully saturated rings. The van der Waals surface area contributed by atoms with Crippen LogP contribution in [0.1, 0.15) is 323 Å². The van der Waals surface area contributed by atoms with Gasteiger partial charge in [0, 0.05) is 25.7 Å². The summed E-state index contributed by atoms with van der Waals surface area (Å²) in [4.78, 5) is 72.8. The summed E-state index contributed by atoms with van der Waals surface area (Å²) in [6.07, 6.45) is 74.0. The number of aliphatic hydroxyl groups is 1. The molecule has 566 valence electrons. The van der Waals surface area contributed by atoms with Gasteiger partial charge in [0.15, 0.2) is 12.2 Å². The Morgan fingerprint density at radius 1 is 0.296 bits per heavy atom. The number of carbonyl (C=O) groups excluding carboxylic acids is 4. The average Bonchev–Trinajstić information content (AvgIpc) is 0.972. The first-order chi connectivity index (χ1) is 47.7. The number of phosphoric ester groups is 2. The van der Waals surface area contributed by atoms with Gasteiger partial charge in [-0.1, -0.05) is 292 Å². The Morgan fingerprint density at radius 3 is 0.827 bits per heavy atom. The summed E-state index contributed by atoms with van der Waals surface area (Å²) in [5.74, 6) is -2.21. The van der Waals surface area contributed by atoms with E-state index in [0.29, 0.717) is 25.7 Å². The summed E-state index contributed by atoms with van der Waals surface area (Å²) in [7, 11) is -9.95. The zero-order valence-corrected chi connectivity index (χ0v) is 63.5. The minimum Gasteiger partial charge on any atom is -0.462 e. The molecule has 0 aliphatic heterocycles. The quantitative estimate of drug-likeness (QED) is 0.0169. The molecule has 3 N–H and O–H groups in total. The zero-order chi connectivity index (χ0) is 71.8. The van der Waals surface area contributed by atoms with Gasteiger partial charge in [-0.15, -0.1) is 0 Å². The largest absolute Gasteiger partial charge is 0.472 e. The van der Waals surface area contributed by atoms with Crippen molar-refractivity contribution in [3.8, 4) is 0 Å². The molecule has 17 nitrogen and oxygen atoms in total. The normalized spacial score (nSPS) is 14.5. The van der Waals surface area contributed by atoms with Crippen LogP contribution in [0.25, 0.3) is 0 Å². The molecule has 0 rings (SSSR count). The van der Waals surface area contributed by atoms with Gasteiger partial charge in [0.2, 0.25) is 0 Å². The summed E-state index contributed by atoms with van der Waals surface area (Å²) < 4.78 is 68.4. The van der Waals surface area contributed by atoms with Gasteiger partial charge in [-0.3, -0.25) is 37.3 Å². The average molecular weight is 1420 g/mol. The van der Waals surface area contributed by atoms with Gasteiger partial charge in [0.25, 0.3) is 0 Å². The molecule has 0 heterocycles. The fourth-order valence-corrected chi connectivity index (χ4v) is 11.8. The van der Waals surface area contributed by atoms with Crippen molar-refractivity contribution in [3.63, 3.8) is 0 Å². The highest BCUT2D eigenvalue weighted by atomic mass is 31.2. The number of esters is 4. The van der Waals surface area contributed by atoms with Gasteiger partial charge < -0.3 is 33.8 Å². The Morgan fingerprint density at radius 2 is 0.531 bits per heavy atom. The van der Waals surface area contributed by atoms with Crippen LogP contribution in [0.4, 0.5) is 0 Å². The van der Waals surface area contributed by atoms with Crippen molar-refractivity contribution in [2.24, 2.45) is 0 Å². The highest BCUT2D eigenvalue weighted by Gasteiger charge is 2.30. The minimum atomic E-state index is -4.98. The number of aliphatic hydroxyl groups excluding tert-OH is 1. The molecule has 0 saturated heterocycles. The van der Waals surface area contributed by atoms with Crippen LogP contribution < -0.4 is 0 Å². The molecule has 5 unspecified atom stereocenters. The lowest BCUT2D eigenvalue weighted by molar-refractivity contribution is -0.161. The van der Waals surface area contributed by atoms with Crippen LogP contribution in [0.15, 0.2) is 97.2 Å². The highest BCUT2D eigenvalue weighted by molar-refractivity contribution is 7.47. The van der Waals surface area contributed by atoms with Crippen molar-refractivity contribution in [2.45, 2.75) is 341 Å². The van der Waals surface area contributed by atoms with E-state index in [9.17, 15) is 43.2 Å². The smallest absolute Gasteiger partial charge is 0.462 e. The predicted octanol–water partition coefficient (Wildman–Crippen LogP) is 22.0. The maximum atomic E-state index is 13.1. The van der Waals surface area contributed by atoms with E-state index in [-0.39, 0.29) is 25.7 Å². The van der Waals surface area contributed by atoms with E-state index in [1.165, 1.54) is 89.9 Å². The summed E-state index contributed by atoms with van der Waals surface area (Å²) in [6.45, 7) is 4.61. The topological polar surface area (TPSA) is 237 Å². The third kappa shape index (κ3) is 70.4. The molecular weight excluding hydrogens is 1280 g/mol. The number of phosphoric acid groups is 2. The maximum absolute atomic E-state index is 13.1. The van der Waals surface area contributed by atoms with E-state index in [2.05, 4.69) is 125 Å². The van der Waals surface area contributed by atoms with Crippen molar-refractivity contribution < 1.29 is 80.2 Å². The van der Waals surface area contributed by atoms with Crippen molar-refractivity contribution in [1.29, 1.82) is 0 Å². The summed E-state index contributed by atoms with van der Waals surface area (Å²) in [5.41, 5.74) is 0. The zero-order valence-electron chi connectivity index (χ0n) is 61.7. The van der Waals surface area contributed by atoms with Gasteiger partial charge in [-0.25, -0.2) is 9.13 Å². The Labute approximate surface area is 595 Å². The lowest BCUT2D eigenvalue weighted by Crippen LogP contribution is -2.30. The van der Waals surface area contributed by atoms with Crippen molar-refractivity contribution in [2.75, 3.05) is 39.6 Å². The van der Waals surface area contributed by atoms with E-state index < -0.39 is 97.5 Å². The fraction of sp³-hybridized carbons (Fsp3) is 0.747. The van der Waals surface area contributed by atoms with Gasteiger partial charge >= 0.3 is 39.5 Å². The van der Waals surface area contributed by atoms with Crippen LogP contribution in [0.2, 0.25) is 0 Å². The lowest BCUT2D eigenvalue weighted by Gasteiger charge is -2.21. The number of carbonyl (C=O) groups is 4. The first-order valence-corrected chi connectivity index (χ1v) is 41.5. The van der Waals surface area contributed by atoms with Gasteiger partial charge in [0.05, 0.1) is 26.4 Å². The molecule has 0 radical (unpaired) electrons. The second-order valence-corrected chi connectivity index (χ2v) is 28.5. The number of unbranched alkanes of at least 4 members (excludes halogenated alkanes) is 30. The molecule has 0 spiro atoms. The van der Waals surface area contributed by atoms with Crippen LogP contribution in [-0.4, -0.2) is 96.7 Å². The first-order valence-electron chi connectivity index (χ1n) is 38.5. The van der Waals surface area contributed by atoms with Gasteiger partial charge in [-0.2, -0.15) is 0 Å². The van der Waals surface area contributed by atoms with Crippen molar-refractivity contribution >= 4 is 39.5 Å². The summed E-state index contributed by atoms with van der Waals surface area (Å²) in [6, 6.07) is 0. The Kier molecular flexibility index (Phi) is 68.4. The second kappa shape index (κ2) is 71.4. The van der Waals surface area contributed by atoms with Crippen LogP contribution in [0, 0.1) is 0 Å². The standard InChI is InChI=1S/C79H138O17P2/c1-5-9-13-17-21-25-29-32-34-35-36-37-39-42-45-48-52-56-60-64-77(82)90-70-75(96-79(84)66-62-58-54-50-46-40-31-27-23-19-15-11-7-3)72-94-98(87,88)92-68-73(80)67-91-97(85,86)93-71-74(95-78(83)65-61-57-53-49-43-28-24-20-16-12-8-4)69-89-76(81)63-59-55-51-47-44-41-38-33-30-26-22-18-14-10-6-2/h9-10,13-14,21-22,25-26,32-34,36-38,42,45,73-75,80H,5-8,11-12,15-20,23-24,27-31,35,39-41,43-44,46-72H2,1-4H3,(H,85,86)(H,87,88)/b13-9-,14-10-,25-21-,26-22-,34-32-,37-36-,38-33-,45-42-. The maximum Gasteiger partial charge on any atom is 0.472 e. The monoisotopic (exact) mass is 1420 g/mol. The molecule has 0 aliphatic rings. The lowest BCUT2D eigenvalue weighted by atomic mass is 10.0. The van der Waals surface area contributed by atoms with Crippen molar-refractivity contribution in [3.05, 3.63) is 97.2 Å². The van der Waals surface area contributed by atoms with Gasteiger partial charge in [0.1, 0.15) is 19.3 Å². The number of ether oxygens (including phenoxy) is 4. The Bertz CT molecular complexity index is 2240. The van der Waals surface area contributed by atoms with E-state index in [1.54, 1.807) is 0 Å². The van der Waals surface area contributed by atoms with Crippen LogP contribution in [-0.2, 0) is 65.4 Å². The third-order valence-electron chi connectivity index (χ3n) is 16.1. The van der Waals surface area contributed by atoms with Crippen LogP contribution in [0.5, 0.6) is 0 Å². The first kappa shape index (κ1) is 94.0. The molecule has 0 aromatic rings. The molecule has 0 aromatic heterocycles. The van der Waals surface area contributed by atoms with Crippen LogP contribution in [0.3, 0.4) is 0 Å². The summed E-state index contributed by atoms with van der Waals surface area (Å²) >= 11 is 0. The predicted molar refractivity (Wildman–Crippen MR) is 399 cm³/mol. The molecule has 0 saturated carbocycles. The number of allylic oxidation sites excluding steroid dienone is 16. The van der Waals surface area contributed by atoms with E-state index in [0.717, 1.165) is 154 Å². The molecule has 19 heteroatoms. The highest BCUT2D eigenvalue weighted by Crippen LogP contribution is 2.45. The Balaban J connectivity index is 5.33. The fourth-order valence-electron chi connectivity index (χ4n) is 10.3. The van der Waals surface area contributed by atoms with E-state index in [1.807, 2.05) is 0 Å². The van der Waals surface area contributed by atoms with Crippen LogP contribution >= 0.6 is 15.6 Å². The second-order valence-electron chi connectivity index (χ2n) is 25.5. The molecule has 0 bridgehead atoms. The number of hydrogen-bond donors (Lipinski definition) is 3. The summed E-state index contributed by atoms with van der Waals surface area (Å²) in [5, 5.41) is 10.6. The molecule has 0 amide bonds. The molecule has 0 aliphatic carbocycles. The van der Waals surface area contributed by atoms with E-state index >= 15 is 0 Å². The van der Waals surface area contributed by atoms with Crippen molar-refractivity contribution in [1.82, 2.24) is 0 Å². The van der Waals surface area contributed by atoms with E-state index in [4.69, 9.17) is 37.0 Å². The molecule has 5 atom stereocenters. The van der Waals surface area contributed by atoms with Gasteiger partial charge in [-0.05, 0) is 103 Å². The Hall–Kier alpha value is -4.02. The molecular formula is C79H138O17P2. The number of rotatable bonds is 72. The third-order valence-corrected chi connectivity index (χ3v) is 18.0. The number of hydrogen-bond acceptors (Lipinski definition) is 15. The minimum absolute atomic E-state index is 0.0903. The molecule has 0 aromatic carbocycles. The molecule has 98 heavy (non-hydrogen) atoms. The SMILES string of the molecule is CC/C=C\C/C=C\C/C=C\C/C=C\C/C=C\CCCCCC(=O)OCC(COP(=O)(O)OCC(O)COP(=O)(O)OCC(COC(=O)CCCCCCC/C=C\C/C=C\C/C=C\CC)OC(=O)CCCCCCCCCCCCC)OC(=O)CCCCCCCCCCCCCCC.